The van der Waals surface area contributed by atoms with Crippen LogP contribution in [0.4, 0.5) is 0 Å². The minimum Gasteiger partial charge on any atom is -0.462 e. The van der Waals surface area contributed by atoms with Crippen LogP contribution in [0.5, 0.6) is 0 Å². The molecule has 0 aliphatic rings. The number of unbranched alkanes of at least 4 members (excludes halogenated alkanes) is 36. The summed E-state index contributed by atoms with van der Waals surface area (Å²) in [5.74, 6) is 0.918. The molecule has 0 spiro atoms. The predicted molar refractivity (Wildman–Crippen MR) is 381 cm³/mol. The zero-order valence-electron chi connectivity index (χ0n) is 61.6. The smallest absolute Gasteiger partial charge is 0.462 e. The van der Waals surface area contributed by atoms with Gasteiger partial charge in [0.2, 0.25) is 0 Å². The lowest BCUT2D eigenvalue weighted by Gasteiger charge is -2.21. The highest BCUT2D eigenvalue weighted by Gasteiger charge is 2.30. The van der Waals surface area contributed by atoms with E-state index in [0.717, 1.165) is 120 Å². The lowest BCUT2D eigenvalue weighted by atomic mass is 10.00. The number of esters is 4. The van der Waals surface area contributed by atoms with E-state index in [0.29, 0.717) is 25.7 Å². The first kappa shape index (κ1) is 92.1. The average Bonchev–Trinajstić information content (AvgIpc) is 1.91. The van der Waals surface area contributed by atoms with Crippen LogP contribution in [0.1, 0.15) is 376 Å². The maximum atomic E-state index is 13.1. The summed E-state index contributed by atoms with van der Waals surface area (Å²) >= 11 is 0. The number of ether oxygens (including phenoxy) is 4. The summed E-state index contributed by atoms with van der Waals surface area (Å²) in [4.78, 5) is 72.7. The third-order valence-corrected chi connectivity index (χ3v) is 19.9. The Morgan fingerprint density at radius 3 is 0.755 bits per heavy atom. The molecule has 3 N–H and O–H groups in total. The maximum Gasteiger partial charge on any atom is 0.472 e. The van der Waals surface area contributed by atoms with Crippen molar-refractivity contribution in [3.63, 3.8) is 0 Å². The van der Waals surface area contributed by atoms with Gasteiger partial charge in [-0.15, -0.1) is 0 Å². The number of aliphatic hydroxyl groups is 1. The van der Waals surface area contributed by atoms with Gasteiger partial charge in [0.15, 0.2) is 12.2 Å². The SMILES string of the molecule is CCC(C)CCCCCCCCC(=O)OC[C@H](COP(=O)(O)OC[C@H](O)COP(=O)(O)OC[C@@H](COC(=O)CCCCCCCCCCCCCCCCCC(C)C)OC(=O)CCCCCCCCCCCCCCCC(C)C)OC(=O)CCCCCCCCC(C)CC. The van der Waals surface area contributed by atoms with E-state index in [-0.39, 0.29) is 25.7 Å². The van der Waals surface area contributed by atoms with Gasteiger partial charge in [0.25, 0.3) is 0 Å². The van der Waals surface area contributed by atoms with Crippen LogP contribution in [0.25, 0.3) is 0 Å². The number of phosphoric ester groups is 2. The second-order valence-electron chi connectivity index (χ2n) is 28.5. The van der Waals surface area contributed by atoms with E-state index in [9.17, 15) is 43.2 Å². The zero-order valence-corrected chi connectivity index (χ0v) is 63.4. The van der Waals surface area contributed by atoms with E-state index >= 15 is 0 Å². The second kappa shape index (κ2) is 64.4. The molecule has 558 valence electrons. The molecule has 0 aliphatic carbocycles. The molecule has 0 aliphatic heterocycles. The van der Waals surface area contributed by atoms with Crippen molar-refractivity contribution in [2.45, 2.75) is 395 Å². The highest BCUT2D eigenvalue weighted by molar-refractivity contribution is 7.47. The Labute approximate surface area is 575 Å². The summed E-state index contributed by atoms with van der Waals surface area (Å²) < 4.78 is 68.4. The molecule has 0 aromatic heterocycles. The van der Waals surface area contributed by atoms with Crippen molar-refractivity contribution in [1.29, 1.82) is 0 Å². The van der Waals surface area contributed by atoms with Crippen molar-refractivity contribution in [2.24, 2.45) is 23.7 Å². The Balaban J connectivity index is 5.23. The van der Waals surface area contributed by atoms with E-state index in [1.807, 2.05) is 0 Å². The molecule has 0 aromatic carbocycles. The summed E-state index contributed by atoms with van der Waals surface area (Å²) in [6.07, 6.45) is 48.7. The van der Waals surface area contributed by atoms with E-state index in [2.05, 4.69) is 55.4 Å². The number of rotatable bonds is 72. The summed E-state index contributed by atoms with van der Waals surface area (Å²) in [6.45, 7) is 14.1. The van der Waals surface area contributed by atoms with Crippen molar-refractivity contribution in [2.75, 3.05) is 39.6 Å². The van der Waals surface area contributed by atoms with Crippen LogP contribution in [-0.4, -0.2) is 96.7 Å². The fraction of sp³-hybridized carbons (Fsp3) is 0.947. The number of carbonyl (C=O) groups is 4. The van der Waals surface area contributed by atoms with Gasteiger partial charge >= 0.3 is 39.5 Å². The number of carbonyl (C=O) groups excluding carboxylic acids is 4. The summed E-state index contributed by atoms with van der Waals surface area (Å²) in [5, 5.41) is 10.6. The molecule has 0 amide bonds. The van der Waals surface area contributed by atoms with Crippen molar-refractivity contribution >= 4 is 39.5 Å². The summed E-state index contributed by atoms with van der Waals surface area (Å²) in [7, 11) is -9.91. The molecule has 0 fully saturated rings. The molecule has 19 heteroatoms. The van der Waals surface area contributed by atoms with Gasteiger partial charge in [0.1, 0.15) is 19.3 Å². The molecule has 0 saturated carbocycles. The Hall–Kier alpha value is -1.94. The molecule has 7 atom stereocenters. The highest BCUT2D eigenvalue weighted by Crippen LogP contribution is 2.45. The van der Waals surface area contributed by atoms with Crippen LogP contribution in [-0.2, 0) is 65.4 Å². The van der Waals surface area contributed by atoms with Gasteiger partial charge in [-0.3, -0.25) is 37.3 Å². The molecule has 17 nitrogen and oxygen atoms in total. The fourth-order valence-corrected chi connectivity index (χ4v) is 12.9. The fourth-order valence-electron chi connectivity index (χ4n) is 11.3. The quantitative estimate of drug-likeness (QED) is 0.0222. The molecule has 0 bridgehead atoms. The Morgan fingerprint density at radius 2 is 0.511 bits per heavy atom. The number of aliphatic hydroxyl groups excluding tert-OH is 1. The van der Waals surface area contributed by atoms with Crippen LogP contribution in [0.2, 0.25) is 0 Å². The number of phosphoric acid groups is 2. The largest absolute Gasteiger partial charge is 0.472 e. The maximum absolute atomic E-state index is 13.1. The molecule has 0 rings (SSSR count). The third kappa shape index (κ3) is 66.0. The monoisotopic (exact) mass is 1380 g/mol. The van der Waals surface area contributed by atoms with Crippen LogP contribution >= 0.6 is 15.6 Å². The minimum atomic E-state index is -4.96. The van der Waals surface area contributed by atoms with E-state index in [1.54, 1.807) is 0 Å². The first-order valence-electron chi connectivity index (χ1n) is 38.8. The normalized spacial score (nSPS) is 14.7. The minimum absolute atomic E-state index is 0.102. The molecule has 0 radical (unpaired) electrons. The van der Waals surface area contributed by atoms with Gasteiger partial charge in [-0.2, -0.15) is 0 Å². The van der Waals surface area contributed by atoms with Crippen molar-refractivity contribution in [3.05, 3.63) is 0 Å². The van der Waals surface area contributed by atoms with Gasteiger partial charge in [-0.1, -0.05) is 325 Å². The van der Waals surface area contributed by atoms with Crippen LogP contribution in [0.15, 0.2) is 0 Å². The highest BCUT2D eigenvalue weighted by atomic mass is 31.2. The summed E-state index contributed by atoms with van der Waals surface area (Å²) in [5.41, 5.74) is 0. The Kier molecular flexibility index (Phi) is 63.1. The second-order valence-corrected chi connectivity index (χ2v) is 31.4. The third-order valence-electron chi connectivity index (χ3n) is 18.0. The molecule has 0 heterocycles. The van der Waals surface area contributed by atoms with E-state index < -0.39 is 97.5 Å². The van der Waals surface area contributed by atoms with Gasteiger partial charge in [-0.05, 0) is 49.4 Å². The van der Waals surface area contributed by atoms with Gasteiger partial charge in [0.05, 0.1) is 26.4 Å². The van der Waals surface area contributed by atoms with E-state index in [1.165, 1.54) is 173 Å². The molecular formula is C75H146O17P2. The van der Waals surface area contributed by atoms with Gasteiger partial charge < -0.3 is 33.8 Å². The van der Waals surface area contributed by atoms with Gasteiger partial charge in [-0.25, -0.2) is 9.13 Å². The molecule has 4 unspecified atom stereocenters. The zero-order chi connectivity index (χ0) is 69.6. The predicted octanol–water partition coefficient (Wildman–Crippen LogP) is 21.7. The average molecular weight is 1380 g/mol. The van der Waals surface area contributed by atoms with Crippen LogP contribution in [0, 0.1) is 23.7 Å². The topological polar surface area (TPSA) is 237 Å². The first-order chi connectivity index (χ1) is 45.2. The van der Waals surface area contributed by atoms with Crippen molar-refractivity contribution in [1.82, 2.24) is 0 Å². The van der Waals surface area contributed by atoms with E-state index in [4.69, 9.17) is 37.0 Å². The number of hydrogen-bond acceptors (Lipinski definition) is 15. The molecular weight excluding hydrogens is 1230 g/mol. The molecule has 0 aromatic rings. The van der Waals surface area contributed by atoms with Gasteiger partial charge in [0, 0.05) is 25.7 Å². The Morgan fingerprint density at radius 1 is 0.298 bits per heavy atom. The van der Waals surface area contributed by atoms with Crippen LogP contribution in [0.3, 0.4) is 0 Å². The first-order valence-corrected chi connectivity index (χ1v) is 41.8. The standard InChI is InChI=1S/C75H146O17P2/c1-9-67(7)53-45-37-31-33-40-48-56-73(78)86-62-71(92-75(80)58-50-42-34-32-38-46-54-68(8)10-2)64-90-94(83,84)88-60-69(76)59-87-93(81,82)89-63-70(91-74(79)57-49-41-30-26-22-18-14-16-20-24-28-36-44-52-66(5)6)61-85-72(77)55-47-39-29-25-21-17-13-11-12-15-19-23-27-35-43-51-65(3)4/h65-71,76H,9-64H2,1-8H3,(H,81,82)(H,83,84)/t67?,68?,69-,70-,71-/m1/s1. The Bertz CT molecular complexity index is 1850. The number of hydrogen-bond donors (Lipinski definition) is 3. The summed E-state index contributed by atoms with van der Waals surface area (Å²) in [6, 6.07) is 0. The molecule has 0 saturated heterocycles. The van der Waals surface area contributed by atoms with Crippen LogP contribution < -0.4 is 0 Å². The van der Waals surface area contributed by atoms with Crippen molar-refractivity contribution < 1.29 is 80.2 Å². The lowest BCUT2D eigenvalue weighted by Crippen LogP contribution is -2.30. The van der Waals surface area contributed by atoms with Crippen molar-refractivity contribution in [3.8, 4) is 0 Å². The lowest BCUT2D eigenvalue weighted by molar-refractivity contribution is -0.161. The molecule has 94 heavy (non-hydrogen) atoms.